The summed E-state index contributed by atoms with van der Waals surface area (Å²) in [5.74, 6) is 1.66. The highest BCUT2D eigenvalue weighted by atomic mass is 14.9. The molecule has 1 heteroatoms. The zero-order chi connectivity index (χ0) is 12.4. The minimum Gasteiger partial charge on any atom is -0.314 e. The first-order chi connectivity index (χ1) is 7.63. The molecule has 0 aromatic heterocycles. The number of rotatable bonds is 10. The monoisotopic (exact) mass is 227 g/mol. The molecule has 0 rings (SSSR count). The SMILES string of the molecule is CCCCCCC(C(C)C)C(C)NCCC. The molecule has 0 spiro atoms. The zero-order valence-electron chi connectivity index (χ0n) is 12.2. The van der Waals surface area contributed by atoms with Gasteiger partial charge in [0.15, 0.2) is 0 Å². The van der Waals surface area contributed by atoms with Gasteiger partial charge in [0, 0.05) is 6.04 Å². The van der Waals surface area contributed by atoms with Crippen molar-refractivity contribution in [3.63, 3.8) is 0 Å². The lowest BCUT2D eigenvalue weighted by Crippen LogP contribution is -2.36. The van der Waals surface area contributed by atoms with Gasteiger partial charge in [-0.2, -0.15) is 0 Å². The van der Waals surface area contributed by atoms with E-state index < -0.39 is 0 Å². The molecule has 1 nitrogen and oxygen atoms in total. The molecule has 0 aliphatic carbocycles. The van der Waals surface area contributed by atoms with Gasteiger partial charge in [-0.3, -0.25) is 0 Å². The average molecular weight is 227 g/mol. The third kappa shape index (κ3) is 7.27. The summed E-state index contributed by atoms with van der Waals surface area (Å²) in [5.41, 5.74) is 0. The number of nitrogens with one attached hydrogen (secondary N) is 1. The molecule has 0 aliphatic rings. The minimum absolute atomic E-state index is 0.682. The van der Waals surface area contributed by atoms with Crippen LogP contribution in [0.2, 0.25) is 0 Å². The first kappa shape index (κ1) is 16.0. The Morgan fingerprint density at radius 1 is 0.875 bits per heavy atom. The molecule has 0 saturated carbocycles. The van der Waals surface area contributed by atoms with Gasteiger partial charge in [-0.05, 0) is 38.1 Å². The highest BCUT2D eigenvalue weighted by molar-refractivity contribution is 4.75. The Kier molecular flexibility index (Phi) is 10.1. The van der Waals surface area contributed by atoms with Crippen LogP contribution in [0.25, 0.3) is 0 Å². The predicted molar refractivity (Wildman–Crippen MR) is 74.8 cm³/mol. The third-order valence-corrected chi connectivity index (χ3v) is 3.61. The topological polar surface area (TPSA) is 12.0 Å². The predicted octanol–water partition coefficient (Wildman–Crippen LogP) is 4.62. The Morgan fingerprint density at radius 3 is 2.06 bits per heavy atom. The van der Waals surface area contributed by atoms with Crippen LogP contribution < -0.4 is 5.32 Å². The van der Waals surface area contributed by atoms with Gasteiger partial charge in [0.25, 0.3) is 0 Å². The molecule has 0 aromatic rings. The summed E-state index contributed by atoms with van der Waals surface area (Å²) in [7, 11) is 0. The fourth-order valence-corrected chi connectivity index (χ4v) is 2.49. The number of hydrogen-bond donors (Lipinski definition) is 1. The maximum Gasteiger partial charge on any atom is 0.00694 e. The average Bonchev–Trinajstić information content (AvgIpc) is 2.25. The van der Waals surface area contributed by atoms with Crippen LogP contribution in [0.3, 0.4) is 0 Å². The van der Waals surface area contributed by atoms with E-state index in [1.165, 1.54) is 45.1 Å². The van der Waals surface area contributed by atoms with Crippen LogP contribution in [0.4, 0.5) is 0 Å². The molecule has 0 aliphatic heterocycles. The van der Waals surface area contributed by atoms with E-state index in [-0.39, 0.29) is 0 Å². The number of hydrogen-bond acceptors (Lipinski definition) is 1. The van der Waals surface area contributed by atoms with Crippen LogP contribution in [0.5, 0.6) is 0 Å². The molecule has 98 valence electrons. The van der Waals surface area contributed by atoms with Gasteiger partial charge in [-0.15, -0.1) is 0 Å². The normalized spacial score (nSPS) is 15.4. The summed E-state index contributed by atoms with van der Waals surface area (Å²) in [4.78, 5) is 0. The zero-order valence-corrected chi connectivity index (χ0v) is 12.2. The van der Waals surface area contributed by atoms with E-state index in [4.69, 9.17) is 0 Å². The highest BCUT2D eigenvalue weighted by Gasteiger charge is 2.19. The van der Waals surface area contributed by atoms with Gasteiger partial charge in [-0.25, -0.2) is 0 Å². The van der Waals surface area contributed by atoms with Crippen molar-refractivity contribution in [2.45, 2.75) is 79.2 Å². The molecular formula is C15H33N. The van der Waals surface area contributed by atoms with Crippen molar-refractivity contribution in [1.29, 1.82) is 0 Å². The summed E-state index contributed by atoms with van der Waals surface area (Å²) in [6.45, 7) is 12.8. The molecule has 0 aromatic carbocycles. The first-order valence-corrected chi connectivity index (χ1v) is 7.36. The van der Waals surface area contributed by atoms with Crippen molar-refractivity contribution in [3.8, 4) is 0 Å². The minimum atomic E-state index is 0.682. The second kappa shape index (κ2) is 10.1. The first-order valence-electron chi connectivity index (χ1n) is 7.36. The van der Waals surface area contributed by atoms with Gasteiger partial charge in [0.1, 0.15) is 0 Å². The van der Waals surface area contributed by atoms with Crippen molar-refractivity contribution >= 4 is 0 Å². The summed E-state index contributed by atoms with van der Waals surface area (Å²) >= 11 is 0. The summed E-state index contributed by atoms with van der Waals surface area (Å²) in [6, 6.07) is 0.682. The lowest BCUT2D eigenvalue weighted by Gasteiger charge is -2.28. The van der Waals surface area contributed by atoms with Crippen molar-refractivity contribution in [3.05, 3.63) is 0 Å². The van der Waals surface area contributed by atoms with E-state index >= 15 is 0 Å². The lowest BCUT2D eigenvalue weighted by atomic mass is 9.84. The standard InChI is InChI=1S/C15H33N/c1-6-8-9-10-11-15(13(3)4)14(5)16-12-7-2/h13-16H,6-12H2,1-5H3. The second-order valence-corrected chi connectivity index (χ2v) is 5.50. The largest absolute Gasteiger partial charge is 0.314 e. The van der Waals surface area contributed by atoms with Crippen LogP contribution in [0.15, 0.2) is 0 Å². The lowest BCUT2D eigenvalue weighted by molar-refractivity contribution is 0.266. The molecule has 1 N–H and O–H groups in total. The Hall–Kier alpha value is -0.0400. The summed E-state index contributed by atoms with van der Waals surface area (Å²) < 4.78 is 0. The van der Waals surface area contributed by atoms with E-state index in [1.54, 1.807) is 0 Å². The molecule has 0 bridgehead atoms. The van der Waals surface area contributed by atoms with E-state index in [0.717, 1.165) is 11.8 Å². The van der Waals surface area contributed by atoms with Crippen molar-refractivity contribution < 1.29 is 0 Å². The molecule has 0 saturated heterocycles. The van der Waals surface area contributed by atoms with E-state index in [2.05, 4.69) is 39.9 Å². The maximum absolute atomic E-state index is 3.65. The van der Waals surface area contributed by atoms with E-state index in [1.807, 2.05) is 0 Å². The molecule has 0 heterocycles. The highest BCUT2D eigenvalue weighted by Crippen LogP contribution is 2.22. The smallest absolute Gasteiger partial charge is 0.00694 e. The van der Waals surface area contributed by atoms with Crippen LogP contribution in [-0.2, 0) is 0 Å². The van der Waals surface area contributed by atoms with Crippen LogP contribution in [0, 0.1) is 11.8 Å². The van der Waals surface area contributed by atoms with Crippen molar-refractivity contribution in [1.82, 2.24) is 5.32 Å². The molecule has 2 atom stereocenters. The quantitative estimate of drug-likeness (QED) is 0.537. The molecule has 0 amide bonds. The van der Waals surface area contributed by atoms with Gasteiger partial charge >= 0.3 is 0 Å². The third-order valence-electron chi connectivity index (χ3n) is 3.61. The van der Waals surface area contributed by atoms with Crippen LogP contribution in [0.1, 0.15) is 73.1 Å². The molecular weight excluding hydrogens is 194 g/mol. The Bertz CT molecular complexity index is 142. The molecule has 2 unspecified atom stereocenters. The maximum atomic E-state index is 3.65. The van der Waals surface area contributed by atoms with Gasteiger partial charge in [0.05, 0.1) is 0 Å². The fourth-order valence-electron chi connectivity index (χ4n) is 2.49. The van der Waals surface area contributed by atoms with Crippen LogP contribution >= 0.6 is 0 Å². The number of unbranched alkanes of at least 4 members (excludes halogenated alkanes) is 3. The fraction of sp³-hybridized carbons (Fsp3) is 1.00. The van der Waals surface area contributed by atoms with Gasteiger partial charge in [-0.1, -0.05) is 53.4 Å². The summed E-state index contributed by atoms with van der Waals surface area (Å²) in [6.07, 6.45) is 8.22. The summed E-state index contributed by atoms with van der Waals surface area (Å²) in [5, 5.41) is 3.65. The van der Waals surface area contributed by atoms with E-state index in [9.17, 15) is 0 Å². The molecule has 0 fully saturated rings. The van der Waals surface area contributed by atoms with Crippen molar-refractivity contribution in [2.75, 3.05) is 6.54 Å². The van der Waals surface area contributed by atoms with Crippen molar-refractivity contribution in [2.24, 2.45) is 11.8 Å². The molecule has 16 heavy (non-hydrogen) atoms. The molecule has 0 radical (unpaired) electrons. The van der Waals surface area contributed by atoms with Gasteiger partial charge in [0.2, 0.25) is 0 Å². The van der Waals surface area contributed by atoms with Crippen LogP contribution in [-0.4, -0.2) is 12.6 Å². The Labute approximate surface area is 103 Å². The Morgan fingerprint density at radius 2 is 1.56 bits per heavy atom. The van der Waals surface area contributed by atoms with E-state index in [0.29, 0.717) is 6.04 Å². The Balaban J connectivity index is 3.86. The van der Waals surface area contributed by atoms with Gasteiger partial charge < -0.3 is 5.32 Å². The second-order valence-electron chi connectivity index (χ2n) is 5.50.